The number of nitrogens with zero attached hydrogens (tertiary/aromatic N) is 1. The maximum Gasteiger partial charge on any atom is 0.339 e. The maximum absolute atomic E-state index is 12.5. The number of aromatic nitrogens is 1. The normalized spacial score (nSPS) is 10.2. The fraction of sp³-hybridized carbons (Fsp3) is 0.136. The van der Waals surface area contributed by atoms with Gasteiger partial charge in [-0.2, -0.15) is 0 Å². The molecule has 6 heteroatoms. The van der Waals surface area contributed by atoms with Gasteiger partial charge < -0.3 is 15.4 Å². The molecule has 142 valence electrons. The minimum absolute atomic E-state index is 0.251. The van der Waals surface area contributed by atoms with Crippen molar-refractivity contribution < 1.29 is 14.3 Å². The summed E-state index contributed by atoms with van der Waals surface area (Å²) in [5.41, 5.74) is 4.14. The number of ether oxygens (including phenoxy) is 1. The highest BCUT2D eigenvalue weighted by molar-refractivity contribution is 6.07. The summed E-state index contributed by atoms with van der Waals surface area (Å²) in [6, 6.07) is 18.2. The molecule has 0 fully saturated rings. The number of aryl methyl sites for hydroxylation is 1. The summed E-state index contributed by atoms with van der Waals surface area (Å²) in [4.78, 5) is 28.5. The number of methoxy groups -OCH3 is 1. The molecule has 0 aliphatic carbocycles. The molecule has 2 N–H and O–H groups in total. The van der Waals surface area contributed by atoms with Crippen molar-refractivity contribution in [2.75, 3.05) is 17.7 Å². The first kappa shape index (κ1) is 19.1. The monoisotopic (exact) mass is 375 g/mol. The molecule has 0 spiro atoms. The zero-order valence-electron chi connectivity index (χ0n) is 15.7. The largest absolute Gasteiger partial charge is 0.465 e. The van der Waals surface area contributed by atoms with Crippen LogP contribution in [0.25, 0.3) is 0 Å². The van der Waals surface area contributed by atoms with Crippen LogP contribution in [0.4, 0.5) is 11.4 Å². The van der Waals surface area contributed by atoms with Crippen molar-refractivity contribution >= 4 is 23.3 Å². The Morgan fingerprint density at radius 1 is 1.00 bits per heavy atom. The van der Waals surface area contributed by atoms with Crippen molar-refractivity contribution in [3.8, 4) is 0 Å². The number of pyridine rings is 1. The molecule has 0 saturated heterocycles. The summed E-state index contributed by atoms with van der Waals surface area (Å²) >= 11 is 0. The molecular formula is C22H21N3O3. The Morgan fingerprint density at radius 2 is 1.75 bits per heavy atom. The van der Waals surface area contributed by atoms with Crippen molar-refractivity contribution in [2.45, 2.75) is 13.5 Å². The molecule has 0 aliphatic heterocycles. The molecule has 6 nitrogen and oxygen atoms in total. The number of rotatable bonds is 6. The maximum atomic E-state index is 12.5. The van der Waals surface area contributed by atoms with E-state index in [1.165, 1.54) is 18.2 Å². The van der Waals surface area contributed by atoms with Crippen LogP contribution in [-0.4, -0.2) is 24.0 Å². The number of anilines is 2. The molecule has 0 aliphatic rings. The third kappa shape index (κ3) is 4.54. The van der Waals surface area contributed by atoms with Gasteiger partial charge in [0.25, 0.3) is 5.91 Å². The van der Waals surface area contributed by atoms with Gasteiger partial charge in [-0.15, -0.1) is 0 Å². The van der Waals surface area contributed by atoms with E-state index in [9.17, 15) is 9.59 Å². The van der Waals surface area contributed by atoms with Gasteiger partial charge in [-0.1, -0.05) is 36.4 Å². The van der Waals surface area contributed by atoms with Crippen molar-refractivity contribution in [3.63, 3.8) is 0 Å². The number of carbonyl (C=O) groups excluding carboxylic acids is 2. The lowest BCUT2D eigenvalue weighted by Gasteiger charge is -2.11. The molecule has 0 radical (unpaired) electrons. The SMILES string of the molecule is COC(=O)c1ccccc1NC(=O)c1ccc(NCc2ccccc2C)cn1. The molecule has 0 saturated carbocycles. The topological polar surface area (TPSA) is 80.3 Å². The highest BCUT2D eigenvalue weighted by atomic mass is 16.5. The summed E-state index contributed by atoms with van der Waals surface area (Å²) in [6.07, 6.45) is 1.61. The lowest BCUT2D eigenvalue weighted by Crippen LogP contribution is -2.16. The molecule has 0 atom stereocenters. The predicted molar refractivity (Wildman–Crippen MR) is 108 cm³/mol. The van der Waals surface area contributed by atoms with Gasteiger partial charge in [0, 0.05) is 6.54 Å². The molecule has 2 aromatic carbocycles. The second kappa shape index (κ2) is 8.81. The Balaban J connectivity index is 1.66. The number of nitrogens with one attached hydrogen (secondary N) is 2. The number of hydrogen-bond acceptors (Lipinski definition) is 5. The summed E-state index contributed by atoms with van der Waals surface area (Å²) < 4.78 is 4.74. The molecule has 28 heavy (non-hydrogen) atoms. The Morgan fingerprint density at radius 3 is 2.46 bits per heavy atom. The fourth-order valence-corrected chi connectivity index (χ4v) is 2.70. The molecule has 1 heterocycles. The number of carbonyl (C=O) groups is 2. The van der Waals surface area contributed by atoms with E-state index in [-0.39, 0.29) is 11.3 Å². The third-order valence-corrected chi connectivity index (χ3v) is 4.32. The van der Waals surface area contributed by atoms with Crippen molar-refractivity contribution in [3.05, 3.63) is 89.2 Å². The highest BCUT2D eigenvalue weighted by Crippen LogP contribution is 2.17. The minimum atomic E-state index is -0.514. The number of benzene rings is 2. The summed E-state index contributed by atoms with van der Waals surface area (Å²) in [5, 5.41) is 6.00. The van der Waals surface area contributed by atoms with E-state index < -0.39 is 11.9 Å². The van der Waals surface area contributed by atoms with Crippen LogP contribution in [0.5, 0.6) is 0 Å². The second-order valence-electron chi connectivity index (χ2n) is 6.20. The molecule has 3 rings (SSSR count). The molecule has 1 amide bonds. The minimum Gasteiger partial charge on any atom is -0.465 e. The lowest BCUT2D eigenvalue weighted by molar-refractivity contribution is 0.0602. The fourth-order valence-electron chi connectivity index (χ4n) is 2.70. The molecule has 1 aromatic heterocycles. The van der Waals surface area contributed by atoms with E-state index in [1.54, 1.807) is 42.6 Å². The van der Waals surface area contributed by atoms with Crippen molar-refractivity contribution in [2.24, 2.45) is 0 Å². The summed E-state index contributed by atoms with van der Waals surface area (Å²) in [6.45, 7) is 2.74. The predicted octanol–water partition coefficient (Wildman–Crippen LogP) is 4.04. The Hall–Kier alpha value is -3.67. The average molecular weight is 375 g/mol. The Labute approximate surface area is 163 Å². The van der Waals surface area contributed by atoms with Crippen LogP contribution >= 0.6 is 0 Å². The first-order valence-corrected chi connectivity index (χ1v) is 8.81. The van der Waals surface area contributed by atoms with Gasteiger partial charge in [-0.25, -0.2) is 9.78 Å². The van der Waals surface area contributed by atoms with Crippen LogP contribution in [-0.2, 0) is 11.3 Å². The van der Waals surface area contributed by atoms with Gasteiger partial charge in [0.05, 0.1) is 30.2 Å². The molecule has 3 aromatic rings. The lowest BCUT2D eigenvalue weighted by atomic mass is 10.1. The zero-order chi connectivity index (χ0) is 19.9. The van der Waals surface area contributed by atoms with Crippen molar-refractivity contribution in [1.82, 2.24) is 4.98 Å². The molecule has 0 bridgehead atoms. The quantitative estimate of drug-likeness (QED) is 0.636. The molecule has 0 unspecified atom stereocenters. The van der Waals surface area contributed by atoms with Gasteiger partial charge in [0.2, 0.25) is 0 Å². The second-order valence-corrected chi connectivity index (χ2v) is 6.20. The van der Waals surface area contributed by atoms with Gasteiger partial charge in [-0.3, -0.25) is 4.79 Å². The third-order valence-electron chi connectivity index (χ3n) is 4.32. The van der Waals surface area contributed by atoms with Crippen molar-refractivity contribution in [1.29, 1.82) is 0 Å². The number of esters is 1. The van der Waals surface area contributed by atoms with E-state index >= 15 is 0 Å². The first-order chi connectivity index (χ1) is 13.6. The van der Waals surface area contributed by atoms with Gasteiger partial charge in [0.15, 0.2) is 0 Å². The van der Waals surface area contributed by atoms with Crippen LogP contribution in [0, 0.1) is 6.92 Å². The van der Waals surface area contributed by atoms with E-state index in [2.05, 4.69) is 34.7 Å². The number of para-hydroxylation sites is 1. The van der Waals surface area contributed by atoms with Gasteiger partial charge in [0.1, 0.15) is 5.69 Å². The van der Waals surface area contributed by atoms with E-state index in [1.807, 2.05) is 12.1 Å². The first-order valence-electron chi connectivity index (χ1n) is 8.81. The number of hydrogen-bond donors (Lipinski definition) is 2. The summed E-state index contributed by atoms with van der Waals surface area (Å²) in [5.74, 6) is -0.915. The zero-order valence-corrected chi connectivity index (χ0v) is 15.7. The van der Waals surface area contributed by atoms with E-state index in [0.29, 0.717) is 12.2 Å². The van der Waals surface area contributed by atoms with Crippen LogP contribution in [0.3, 0.4) is 0 Å². The van der Waals surface area contributed by atoms with Crippen LogP contribution < -0.4 is 10.6 Å². The smallest absolute Gasteiger partial charge is 0.339 e. The Kier molecular flexibility index (Phi) is 6.01. The standard InChI is InChI=1S/C22H21N3O3/c1-15-7-3-4-8-16(15)13-23-17-11-12-20(24-14-17)21(26)25-19-10-6-5-9-18(19)22(27)28-2/h3-12,14,23H,13H2,1-2H3,(H,25,26). The number of amides is 1. The van der Waals surface area contributed by atoms with Crippen LogP contribution in [0.1, 0.15) is 32.0 Å². The molecular weight excluding hydrogens is 354 g/mol. The van der Waals surface area contributed by atoms with Gasteiger partial charge in [-0.05, 0) is 42.3 Å². The van der Waals surface area contributed by atoms with Crippen LogP contribution in [0.15, 0.2) is 66.9 Å². The van der Waals surface area contributed by atoms with E-state index in [4.69, 9.17) is 4.74 Å². The van der Waals surface area contributed by atoms with E-state index in [0.717, 1.165) is 5.69 Å². The average Bonchev–Trinajstić information content (AvgIpc) is 2.73. The highest BCUT2D eigenvalue weighted by Gasteiger charge is 2.15. The van der Waals surface area contributed by atoms with Crippen LogP contribution in [0.2, 0.25) is 0 Å². The Bertz CT molecular complexity index is 984. The summed E-state index contributed by atoms with van der Waals surface area (Å²) in [7, 11) is 1.30. The van der Waals surface area contributed by atoms with Gasteiger partial charge >= 0.3 is 5.97 Å².